The standard InChI is InChI=1S/C39H40F2N6O3/c1-45(2)32(49)11-10-25-16-30-37(47(25)36-24-15-31(36)43-18-24)29-14-23(8-6-12-42)33(28-17-26(48)13-22-7-4-5-9-27(22)28)34(40)35(29)44-38(30)50-21-39(41)19-46(3)20-39/h4-5,7,9,13-14,16-17,24,31,36,43,48H,6,8,10-11,15,18-21H2,1-3H3/t24-,31-,36+/m1/s1. The molecule has 3 atom stereocenters. The summed E-state index contributed by atoms with van der Waals surface area (Å²) in [4.78, 5) is 21.1. The Kier molecular flexibility index (Phi) is 7.92. The summed E-state index contributed by atoms with van der Waals surface area (Å²) < 4.78 is 41.6. The molecular weight excluding hydrogens is 638 g/mol. The molecule has 5 aromatic rings. The third kappa shape index (κ3) is 5.33. The smallest absolute Gasteiger partial charge is 0.223 e. The molecular formula is C39H40F2N6O3. The average molecular weight is 679 g/mol. The van der Waals surface area contributed by atoms with Crippen molar-refractivity contribution in [1.82, 2.24) is 24.7 Å². The summed E-state index contributed by atoms with van der Waals surface area (Å²) in [6, 6.07) is 17.1. The predicted molar refractivity (Wildman–Crippen MR) is 189 cm³/mol. The highest BCUT2D eigenvalue weighted by atomic mass is 19.1. The second kappa shape index (κ2) is 12.2. The highest BCUT2D eigenvalue weighted by molar-refractivity contribution is 6.10. The van der Waals surface area contributed by atoms with E-state index in [1.54, 1.807) is 31.1 Å². The lowest BCUT2D eigenvalue weighted by Crippen LogP contribution is -2.60. The molecule has 9 nitrogen and oxygen atoms in total. The van der Waals surface area contributed by atoms with E-state index in [-0.39, 0.29) is 79.7 Å². The number of amides is 1. The second-order valence-corrected chi connectivity index (χ2v) is 14.6. The Morgan fingerprint density at radius 1 is 1.16 bits per heavy atom. The number of ether oxygens (including phenoxy) is 1. The summed E-state index contributed by atoms with van der Waals surface area (Å²) in [5.74, 6) is -0.0883. The zero-order valence-electron chi connectivity index (χ0n) is 28.5. The normalized spacial score (nSPS) is 20.9. The van der Waals surface area contributed by atoms with Gasteiger partial charge in [0, 0.05) is 69.3 Å². The third-order valence-electron chi connectivity index (χ3n) is 10.8. The first-order chi connectivity index (χ1) is 24.0. The minimum Gasteiger partial charge on any atom is -0.508 e. The number of nitriles is 1. The van der Waals surface area contributed by atoms with Gasteiger partial charge < -0.3 is 24.6 Å². The van der Waals surface area contributed by atoms with Gasteiger partial charge in [-0.25, -0.2) is 13.8 Å². The van der Waals surface area contributed by atoms with Crippen molar-refractivity contribution in [1.29, 1.82) is 5.26 Å². The van der Waals surface area contributed by atoms with E-state index in [2.05, 4.69) is 16.0 Å². The molecule has 4 fully saturated rings. The molecule has 1 saturated carbocycles. The van der Waals surface area contributed by atoms with Gasteiger partial charge in [0.05, 0.1) is 23.0 Å². The minimum absolute atomic E-state index is 0.00254. The number of hydrogen-bond acceptors (Lipinski definition) is 7. The number of aromatic nitrogens is 2. The Morgan fingerprint density at radius 3 is 2.66 bits per heavy atom. The largest absolute Gasteiger partial charge is 0.508 e. The van der Waals surface area contributed by atoms with Crippen LogP contribution in [-0.4, -0.2) is 89.5 Å². The molecule has 2 bridgehead atoms. The maximum atomic E-state index is 17.5. The number of fused-ring (bicyclic) bond motifs is 5. The molecule has 9 rings (SSSR count). The Balaban J connectivity index is 1.41. The van der Waals surface area contributed by atoms with Crippen LogP contribution in [-0.2, 0) is 17.6 Å². The molecule has 2 N–H and O–H groups in total. The average Bonchev–Trinajstić information content (AvgIpc) is 3.81. The zero-order valence-corrected chi connectivity index (χ0v) is 28.5. The van der Waals surface area contributed by atoms with Gasteiger partial charge in [0.1, 0.15) is 17.9 Å². The fourth-order valence-electron chi connectivity index (χ4n) is 8.49. The lowest BCUT2D eigenvalue weighted by Gasteiger charge is -2.41. The molecule has 0 unspecified atom stereocenters. The monoisotopic (exact) mass is 678 g/mol. The Labute approximate surface area is 289 Å². The van der Waals surface area contributed by atoms with Crippen LogP contribution < -0.4 is 10.1 Å². The predicted octanol–water partition coefficient (Wildman–Crippen LogP) is 5.90. The number of pyridine rings is 1. The number of aryl methyl sites for hydroxylation is 2. The number of carbonyl (C=O) groups excluding carboxylic acids is 1. The Hall–Kier alpha value is -4.79. The summed E-state index contributed by atoms with van der Waals surface area (Å²) in [7, 11) is 5.32. The van der Waals surface area contributed by atoms with Gasteiger partial charge in [0.25, 0.3) is 0 Å². The van der Waals surface area contributed by atoms with E-state index < -0.39 is 11.5 Å². The quantitative estimate of drug-likeness (QED) is 0.190. The van der Waals surface area contributed by atoms with Crippen LogP contribution >= 0.6 is 0 Å². The maximum absolute atomic E-state index is 17.5. The van der Waals surface area contributed by atoms with Crippen molar-refractivity contribution < 1.29 is 23.4 Å². The summed E-state index contributed by atoms with van der Waals surface area (Å²) in [5, 5.41) is 26.7. The lowest BCUT2D eigenvalue weighted by atomic mass is 9.79. The number of alkyl halides is 1. The number of hydrogen-bond donors (Lipinski definition) is 2. The molecule has 4 aliphatic rings. The fourth-order valence-corrected chi connectivity index (χ4v) is 8.49. The van der Waals surface area contributed by atoms with Crippen molar-refractivity contribution in [3.05, 3.63) is 65.6 Å². The molecule has 258 valence electrons. The molecule has 2 aromatic heterocycles. The van der Waals surface area contributed by atoms with Crippen molar-refractivity contribution >= 4 is 38.5 Å². The number of nitrogens with zero attached hydrogens (tertiary/aromatic N) is 5. The third-order valence-corrected chi connectivity index (χ3v) is 10.8. The molecule has 0 radical (unpaired) electrons. The van der Waals surface area contributed by atoms with Crippen LogP contribution in [0.2, 0.25) is 0 Å². The summed E-state index contributed by atoms with van der Waals surface area (Å²) in [6.45, 7) is 1.09. The molecule has 0 spiro atoms. The van der Waals surface area contributed by atoms with Crippen molar-refractivity contribution in [2.45, 2.75) is 49.9 Å². The second-order valence-electron chi connectivity index (χ2n) is 14.6. The summed E-state index contributed by atoms with van der Waals surface area (Å²) >= 11 is 0. The van der Waals surface area contributed by atoms with Crippen LogP contribution in [0.15, 0.2) is 48.5 Å². The van der Waals surface area contributed by atoms with Crippen molar-refractivity contribution in [2.24, 2.45) is 5.92 Å². The van der Waals surface area contributed by atoms with Crippen LogP contribution in [0.4, 0.5) is 8.78 Å². The van der Waals surface area contributed by atoms with Crippen molar-refractivity contribution in [3.63, 3.8) is 0 Å². The van der Waals surface area contributed by atoms with Gasteiger partial charge in [-0.2, -0.15) is 5.26 Å². The van der Waals surface area contributed by atoms with E-state index in [1.165, 1.54) is 0 Å². The first-order valence-electron chi connectivity index (χ1n) is 17.3. The van der Waals surface area contributed by atoms with E-state index >= 15 is 8.78 Å². The van der Waals surface area contributed by atoms with Crippen LogP contribution in [0.25, 0.3) is 43.7 Å². The van der Waals surface area contributed by atoms with Crippen LogP contribution in [0.3, 0.4) is 0 Å². The molecule has 3 aromatic carbocycles. The number of phenolic OH excluding ortho intramolecular Hbond substituents is 1. The van der Waals surface area contributed by atoms with E-state index in [9.17, 15) is 15.2 Å². The van der Waals surface area contributed by atoms with E-state index in [1.807, 2.05) is 48.3 Å². The number of aromatic hydroxyl groups is 1. The first kappa shape index (κ1) is 32.4. The highest BCUT2D eigenvalue weighted by Gasteiger charge is 2.49. The molecule has 50 heavy (non-hydrogen) atoms. The van der Waals surface area contributed by atoms with Crippen LogP contribution in [0, 0.1) is 23.1 Å². The number of carbonyl (C=O) groups is 1. The molecule has 11 heteroatoms. The van der Waals surface area contributed by atoms with Crippen molar-refractivity contribution in [3.8, 4) is 28.8 Å². The van der Waals surface area contributed by atoms with Gasteiger partial charge in [-0.1, -0.05) is 24.3 Å². The molecule has 1 aliphatic carbocycles. The van der Waals surface area contributed by atoms with Crippen molar-refractivity contribution in [2.75, 3.05) is 47.4 Å². The van der Waals surface area contributed by atoms with Crippen LogP contribution in [0.1, 0.15) is 36.6 Å². The maximum Gasteiger partial charge on any atom is 0.223 e. The number of nitrogens with one attached hydrogen (secondary N) is 1. The number of benzene rings is 3. The van der Waals surface area contributed by atoms with Gasteiger partial charge in [-0.05, 0) is 78.4 Å². The minimum atomic E-state index is -1.55. The highest BCUT2D eigenvalue weighted by Crippen LogP contribution is 2.49. The number of rotatable bonds is 10. The van der Waals surface area contributed by atoms with Crippen LogP contribution in [0.5, 0.6) is 11.6 Å². The SMILES string of the molecule is CN1CC(F)(COc2nc3c(F)c(-c4cc(O)cc5ccccc45)c(CCC#N)cc3c3c2cc(CCC(=O)N(C)C)n3[C@H]2[C@H]3CN[C@@H]2C3)C1. The Morgan fingerprint density at radius 2 is 1.96 bits per heavy atom. The number of halogens is 2. The number of likely N-dealkylation sites (tertiary alicyclic amines) is 1. The topological polar surface area (TPSA) is 107 Å². The molecule has 5 heterocycles. The molecule has 3 aliphatic heterocycles. The van der Waals surface area contributed by atoms with Gasteiger partial charge in [-0.15, -0.1) is 0 Å². The lowest BCUT2D eigenvalue weighted by molar-refractivity contribution is -0.128. The zero-order chi connectivity index (χ0) is 34.9. The van der Waals surface area contributed by atoms with Gasteiger partial charge in [-0.3, -0.25) is 9.69 Å². The fraction of sp³-hybridized carbons (Fsp3) is 0.410. The molecule has 1 amide bonds. The summed E-state index contributed by atoms with van der Waals surface area (Å²) in [6.07, 6.45) is 2.21. The van der Waals surface area contributed by atoms with Gasteiger partial charge >= 0.3 is 0 Å². The van der Waals surface area contributed by atoms with E-state index in [4.69, 9.17) is 9.72 Å². The number of phenols is 1. The van der Waals surface area contributed by atoms with E-state index in [0.717, 1.165) is 34.9 Å². The Bertz CT molecular complexity index is 2210. The first-order valence-corrected chi connectivity index (χ1v) is 17.3. The van der Waals surface area contributed by atoms with Gasteiger partial charge in [0.15, 0.2) is 11.5 Å². The summed E-state index contributed by atoms with van der Waals surface area (Å²) in [5.41, 5.74) is 1.56. The van der Waals surface area contributed by atoms with Gasteiger partial charge in [0.2, 0.25) is 11.8 Å². The van der Waals surface area contributed by atoms with E-state index in [0.29, 0.717) is 34.2 Å². The molecule has 3 saturated heterocycles.